The second kappa shape index (κ2) is 5.88. The number of aromatic nitrogens is 1. The summed E-state index contributed by atoms with van der Waals surface area (Å²) in [6, 6.07) is 7.32. The molecule has 0 aliphatic carbocycles. The smallest absolute Gasteiger partial charge is 0.271 e. The predicted molar refractivity (Wildman–Crippen MR) is 79.8 cm³/mol. The fourth-order valence-electron chi connectivity index (χ4n) is 1.81. The van der Waals surface area contributed by atoms with E-state index in [2.05, 4.69) is 10.3 Å². The van der Waals surface area contributed by atoms with Crippen molar-refractivity contribution in [1.82, 2.24) is 4.98 Å². The molecule has 0 aliphatic rings. The zero-order valence-electron chi connectivity index (χ0n) is 11.4. The summed E-state index contributed by atoms with van der Waals surface area (Å²) in [5.41, 5.74) is 1.99. The van der Waals surface area contributed by atoms with Crippen LogP contribution in [-0.4, -0.2) is 15.8 Å². The topological polar surface area (TPSA) is 85.1 Å². The average molecular weight is 306 g/mol. The van der Waals surface area contributed by atoms with Crippen molar-refractivity contribution in [2.45, 2.75) is 13.8 Å². The largest absolute Gasteiger partial charge is 0.321 e. The molecule has 21 heavy (non-hydrogen) atoms. The lowest BCUT2D eigenvalue weighted by molar-refractivity contribution is -0.384. The van der Waals surface area contributed by atoms with Gasteiger partial charge in [0.2, 0.25) is 0 Å². The first-order chi connectivity index (χ1) is 9.86. The number of hydrogen-bond acceptors (Lipinski definition) is 4. The van der Waals surface area contributed by atoms with Crippen LogP contribution in [0.25, 0.3) is 0 Å². The Balaban J connectivity index is 2.31. The molecule has 0 radical (unpaired) electrons. The molecule has 2 aromatic rings. The number of benzene rings is 1. The summed E-state index contributed by atoms with van der Waals surface area (Å²) in [4.78, 5) is 26.4. The van der Waals surface area contributed by atoms with E-state index in [0.29, 0.717) is 16.9 Å². The van der Waals surface area contributed by atoms with Crippen molar-refractivity contribution in [3.8, 4) is 0 Å². The molecule has 108 valence electrons. The number of anilines is 1. The number of nitro groups is 1. The van der Waals surface area contributed by atoms with Crippen LogP contribution in [0.15, 0.2) is 30.3 Å². The van der Waals surface area contributed by atoms with Crippen LogP contribution in [0, 0.1) is 24.0 Å². The van der Waals surface area contributed by atoms with Crippen LogP contribution >= 0.6 is 11.6 Å². The summed E-state index contributed by atoms with van der Waals surface area (Å²) >= 11 is 5.81. The first kappa shape index (κ1) is 14.9. The van der Waals surface area contributed by atoms with Crippen molar-refractivity contribution in [2.75, 3.05) is 5.32 Å². The highest BCUT2D eigenvalue weighted by Gasteiger charge is 2.13. The molecular formula is C14H12ClN3O3. The fourth-order valence-corrected chi connectivity index (χ4v) is 2.06. The van der Waals surface area contributed by atoms with E-state index in [1.54, 1.807) is 26.0 Å². The number of pyridine rings is 1. The van der Waals surface area contributed by atoms with Gasteiger partial charge in [0, 0.05) is 23.4 Å². The lowest BCUT2D eigenvalue weighted by Crippen LogP contribution is -2.13. The first-order valence-electron chi connectivity index (χ1n) is 6.07. The monoisotopic (exact) mass is 305 g/mol. The number of amides is 1. The Morgan fingerprint density at radius 1 is 1.29 bits per heavy atom. The van der Waals surface area contributed by atoms with Crippen LogP contribution in [0.4, 0.5) is 11.4 Å². The van der Waals surface area contributed by atoms with E-state index in [0.717, 1.165) is 5.56 Å². The van der Waals surface area contributed by atoms with Gasteiger partial charge in [-0.05, 0) is 31.5 Å². The van der Waals surface area contributed by atoms with Crippen LogP contribution < -0.4 is 5.32 Å². The van der Waals surface area contributed by atoms with Gasteiger partial charge in [-0.2, -0.15) is 0 Å². The van der Waals surface area contributed by atoms with Crippen molar-refractivity contribution in [2.24, 2.45) is 0 Å². The van der Waals surface area contributed by atoms with Gasteiger partial charge in [-0.1, -0.05) is 17.7 Å². The fraction of sp³-hybridized carbons (Fsp3) is 0.143. The highest BCUT2D eigenvalue weighted by Crippen LogP contribution is 2.22. The summed E-state index contributed by atoms with van der Waals surface area (Å²) in [7, 11) is 0. The van der Waals surface area contributed by atoms with E-state index in [4.69, 9.17) is 11.6 Å². The third kappa shape index (κ3) is 3.55. The molecule has 0 saturated heterocycles. The highest BCUT2D eigenvalue weighted by molar-refractivity contribution is 6.29. The molecular weight excluding hydrogens is 294 g/mol. The maximum atomic E-state index is 12.2. The summed E-state index contributed by atoms with van der Waals surface area (Å²) < 4.78 is 0. The molecule has 2 rings (SSSR count). The van der Waals surface area contributed by atoms with Crippen molar-refractivity contribution in [3.05, 3.63) is 62.4 Å². The standard InChI is InChI=1S/C14H12ClN3O3/c1-8-3-4-11(18(20)21)7-12(8)17-14(19)10-5-9(2)16-13(15)6-10/h3-7H,1-2H3,(H,17,19). The second-order valence-electron chi connectivity index (χ2n) is 4.53. The Hall–Kier alpha value is -2.47. The molecule has 0 fully saturated rings. The van der Waals surface area contributed by atoms with E-state index in [1.165, 1.54) is 18.2 Å². The number of nitrogens with one attached hydrogen (secondary N) is 1. The quantitative estimate of drug-likeness (QED) is 0.534. The molecule has 1 N–H and O–H groups in total. The van der Waals surface area contributed by atoms with Gasteiger partial charge in [-0.3, -0.25) is 14.9 Å². The SMILES string of the molecule is Cc1cc(C(=O)Nc2cc([N+](=O)[O-])ccc2C)cc(Cl)n1. The zero-order valence-corrected chi connectivity index (χ0v) is 12.1. The van der Waals surface area contributed by atoms with E-state index in [9.17, 15) is 14.9 Å². The van der Waals surface area contributed by atoms with Gasteiger partial charge in [0.15, 0.2) is 0 Å². The molecule has 1 aromatic heterocycles. The average Bonchev–Trinajstić information content (AvgIpc) is 2.39. The third-order valence-corrected chi connectivity index (χ3v) is 3.06. The van der Waals surface area contributed by atoms with Gasteiger partial charge in [0.05, 0.1) is 10.6 Å². The summed E-state index contributed by atoms with van der Waals surface area (Å²) in [5.74, 6) is -0.397. The van der Waals surface area contributed by atoms with Gasteiger partial charge in [-0.15, -0.1) is 0 Å². The minimum atomic E-state index is -0.511. The number of nitro benzene ring substituents is 1. The van der Waals surface area contributed by atoms with Crippen LogP contribution in [0.3, 0.4) is 0 Å². The Kier molecular flexibility index (Phi) is 4.18. The predicted octanol–water partition coefficient (Wildman–Crippen LogP) is 3.51. The summed E-state index contributed by atoms with van der Waals surface area (Å²) in [5, 5.41) is 13.6. The molecule has 0 spiro atoms. The van der Waals surface area contributed by atoms with Gasteiger partial charge >= 0.3 is 0 Å². The van der Waals surface area contributed by atoms with E-state index in [1.807, 2.05) is 0 Å². The zero-order chi connectivity index (χ0) is 15.6. The van der Waals surface area contributed by atoms with Crippen molar-refractivity contribution < 1.29 is 9.72 Å². The lowest BCUT2D eigenvalue weighted by atomic mass is 10.1. The Labute approximate surface area is 125 Å². The number of aryl methyl sites for hydroxylation is 2. The van der Waals surface area contributed by atoms with Gasteiger partial charge in [0.25, 0.3) is 11.6 Å². The molecule has 0 aliphatic heterocycles. The van der Waals surface area contributed by atoms with Gasteiger partial charge < -0.3 is 5.32 Å². The molecule has 1 heterocycles. The maximum absolute atomic E-state index is 12.2. The molecule has 1 amide bonds. The van der Waals surface area contributed by atoms with Crippen LogP contribution in [-0.2, 0) is 0 Å². The second-order valence-corrected chi connectivity index (χ2v) is 4.92. The van der Waals surface area contributed by atoms with E-state index >= 15 is 0 Å². The lowest BCUT2D eigenvalue weighted by Gasteiger charge is -2.09. The van der Waals surface area contributed by atoms with Crippen molar-refractivity contribution in [3.63, 3.8) is 0 Å². The van der Waals surface area contributed by atoms with Crippen molar-refractivity contribution >= 4 is 28.9 Å². The molecule has 7 heteroatoms. The minimum Gasteiger partial charge on any atom is -0.321 e. The first-order valence-corrected chi connectivity index (χ1v) is 6.45. The molecule has 6 nitrogen and oxygen atoms in total. The minimum absolute atomic E-state index is 0.0835. The molecule has 1 aromatic carbocycles. The number of non-ortho nitro benzene ring substituents is 1. The van der Waals surface area contributed by atoms with Crippen molar-refractivity contribution in [1.29, 1.82) is 0 Å². The van der Waals surface area contributed by atoms with E-state index in [-0.39, 0.29) is 10.8 Å². The number of nitrogens with zero attached hydrogens (tertiary/aromatic N) is 2. The number of rotatable bonds is 3. The Morgan fingerprint density at radius 2 is 2.00 bits per heavy atom. The number of carbonyl (C=O) groups excluding carboxylic acids is 1. The maximum Gasteiger partial charge on any atom is 0.271 e. The number of halogens is 1. The van der Waals surface area contributed by atoms with E-state index < -0.39 is 10.8 Å². The summed E-state index contributed by atoms with van der Waals surface area (Å²) in [6.45, 7) is 3.48. The molecule has 0 saturated carbocycles. The number of hydrogen-bond donors (Lipinski definition) is 1. The van der Waals surface area contributed by atoms with Crippen LogP contribution in [0.2, 0.25) is 5.15 Å². The molecule has 0 bridgehead atoms. The Bertz CT molecular complexity index is 711. The van der Waals surface area contributed by atoms with Gasteiger partial charge in [0.1, 0.15) is 5.15 Å². The summed E-state index contributed by atoms with van der Waals surface area (Å²) in [6.07, 6.45) is 0. The number of carbonyl (C=O) groups is 1. The molecule has 0 unspecified atom stereocenters. The Morgan fingerprint density at radius 3 is 2.62 bits per heavy atom. The normalized spacial score (nSPS) is 10.2. The highest BCUT2D eigenvalue weighted by atomic mass is 35.5. The third-order valence-electron chi connectivity index (χ3n) is 2.86. The molecule has 0 atom stereocenters. The van der Waals surface area contributed by atoms with Gasteiger partial charge in [-0.25, -0.2) is 4.98 Å². The van der Waals surface area contributed by atoms with Crippen LogP contribution in [0.5, 0.6) is 0 Å². The van der Waals surface area contributed by atoms with Crippen LogP contribution in [0.1, 0.15) is 21.6 Å².